The van der Waals surface area contributed by atoms with E-state index in [4.69, 9.17) is 10.8 Å². The van der Waals surface area contributed by atoms with Crippen LogP contribution < -0.4 is 5.73 Å². The lowest BCUT2D eigenvalue weighted by Gasteiger charge is -2.09. The van der Waals surface area contributed by atoms with Gasteiger partial charge in [0.2, 0.25) is 0 Å². The summed E-state index contributed by atoms with van der Waals surface area (Å²) in [5.74, 6) is -2.53. The zero-order valence-corrected chi connectivity index (χ0v) is 8.37. The highest BCUT2D eigenvalue weighted by Crippen LogP contribution is 2.08. The molecule has 8 heteroatoms. The van der Waals surface area contributed by atoms with Crippen LogP contribution in [0, 0.1) is 0 Å². The van der Waals surface area contributed by atoms with Crippen molar-refractivity contribution in [2.45, 2.75) is 12.5 Å². The van der Waals surface area contributed by atoms with E-state index in [0.717, 1.165) is 7.11 Å². The topological polar surface area (TPSA) is 136 Å². The maximum atomic E-state index is 11.0. The van der Waals surface area contributed by atoms with E-state index in [2.05, 4.69) is 9.78 Å². The second kappa shape index (κ2) is 6.53. The minimum Gasteiger partial charge on any atom is -0.481 e. The molecule has 0 amide bonds. The predicted molar refractivity (Wildman–Crippen MR) is 48.6 cm³/mol. The quantitative estimate of drug-likeness (QED) is 0.214. The number of aliphatic hydroxyl groups excluding tert-OH is 1. The minimum absolute atomic E-state index is 0.0832. The molecule has 0 aromatic rings. The van der Waals surface area contributed by atoms with E-state index in [1.807, 2.05) is 0 Å². The number of aliphatic carboxylic acids is 1. The molecule has 8 nitrogen and oxygen atoms in total. The van der Waals surface area contributed by atoms with Crippen LogP contribution in [-0.2, 0) is 24.2 Å². The number of rotatable bonds is 6. The molecule has 90 valence electrons. The summed E-state index contributed by atoms with van der Waals surface area (Å²) >= 11 is 0. The first-order chi connectivity index (χ1) is 7.43. The van der Waals surface area contributed by atoms with E-state index in [1.165, 1.54) is 0 Å². The van der Waals surface area contributed by atoms with Crippen molar-refractivity contribution in [1.29, 1.82) is 0 Å². The van der Waals surface area contributed by atoms with Crippen molar-refractivity contribution in [2.24, 2.45) is 5.73 Å². The van der Waals surface area contributed by atoms with E-state index in [9.17, 15) is 19.5 Å². The van der Waals surface area contributed by atoms with Crippen molar-refractivity contribution in [3.63, 3.8) is 0 Å². The highest BCUT2D eigenvalue weighted by molar-refractivity contribution is 5.95. The van der Waals surface area contributed by atoms with Gasteiger partial charge in [-0.05, 0) is 0 Å². The maximum absolute atomic E-state index is 11.0. The lowest BCUT2D eigenvalue weighted by Crippen LogP contribution is -2.25. The summed E-state index contributed by atoms with van der Waals surface area (Å²) in [5.41, 5.74) is 3.91. The minimum atomic E-state index is -1.68. The lowest BCUT2D eigenvalue weighted by atomic mass is 10.1. The Labute approximate surface area is 90.2 Å². The number of carboxylic acids is 1. The molecular formula is C8H11NO7. The molecule has 4 N–H and O–H groups in total. The Morgan fingerprint density at radius 3 is 2.44 bits per heavy atom. The predicted octanol–water partition coefficient (Wildman–Crippen LogP) is -1.66. The summed E-state index contributed by atoms with van der Waals surface area (Å²) in [6.07, 6.45) is -2.35. The fourth-order valence-corrected chi connectivity index (χ4v) is 0.835. The largest absolute Gasteiger partial charge is 0.481 e. The van der Waals surface area contributed by atoms with Gasteiger partial charge in [0.1, 0.15) is 5.70 Å². The molecular weight excluding hydrogens is 222 g/mol. The van der Waals surface area contributed by atoms with Crippen molar-refractivity contribution in [1.82, 2.24) is 0 Å². The van der Waals surface area contributed by atoms with Gasteiger partial charge in [-0.3, -0.25) is 14.5 Å². The third kappa shape index (κ3) is 4.07. The molecule has 0 radical (unpaired) electrons. The van der Waals surface area contributed by atoms with Gasteiger partial charge in [0.15, 0.2) is 6.29 Å². The van der Waals surface area contributed by atoms with Crippen LogP contribution >= 0.6 is 0 Å². The van der Waals surface area contributed by atoms with E-state index in [0.29, 0.717) is 0 Å². The Balaban J connectivity index is 4.92. The Morgan fingerprint density at radius 1 is 1.50 bits per heavy atom. The first kappa shape index (κ1) is 14.1. The number of hydrogen-bond donors (Lipinski definition) is 3. The molecule has 0 saturated heterocycles. The number of aldehydes is 1. The fourth-order valence-electron chi connectivity index (χ4n) is 0.835. The van der Waals surface area contributed by atoms with Crippen LogP contribution in [0.25, 0.3) is 0 Å². The molecule has 0 heterocycles. The first-order valence-corrected chi connectivity index (χ1v) is 4.03. The standard InChI is InChI=1S/C8H11NO7/c1-15-16-8(14)7(9)4(3-10)5(11)2-6(12)13/h3,5,11H,2,9H2,1H3,(H,12,13)/b7-4+. The van der Waals surface area contributed by atoms with E-state index >= 15 is 0 Å². The number of aliphatic hydroxyl groups is 1. The number of carboxylic acid groups (broad SMARTS) is 1. The fraction of sp³-hybridized carbons (Fsp3) is 0.375. The van der Waals surface area contributed by atoms with Gasteiger partial charge in [-0.2, -0.15) is 4.89 Å². The van der Waals surface area contributed by atoms with Crippen LogP contribution in [0.15, 0.2) is 11.3 Å². The smallest absolute Gasteiger partial charge is 0.389 e. The van der Waals surface area contributed by atoms with Gasteiger partial charge in [0, 0.05) is 0 Å². The molecule has 0 aliphatic rings. The lowest BCUT2D eigenvalue weighted by molar-refractivity contribution is -0.250. The summed E-state index contributed by atoms with van der Waals surface area (Å²) in [5, 5.41) is 17.6. The van der Waals surface area contributed by atoms with Crippen LogP contribution in [0.2, 0.25) is 0 Å². The number of nitrogens with two attached hydrogens (primary N) is 1. The number of carbonyl (C=O) groups excluding carboxylic acids is 2. The van der Waals surface area contributed by atoms with Gasteiger partial charge in [0.25, 0.3) is 0 Å². The highest BCUT2D eigenvalue weighted by atomic mass is 17.2. The SMILES string of the molecule is COOC(=O)/C(N)=C(/C=O)C(O)CC(=O)O. The van der Waals surface area contributed by atoms with Crippen molar-refractivity contribution in [3.8, 4) is 0 Å². The number of hydrogen-bond acceptors (Lipinski definition) is 7. The van der Waals surface area contributed by atoms with E-state index in [1.54, 1.807) is 0 Å². The first-order valence-electron chi connectivity index (χ1n) is 4.03. The molecule has 0 aliphatic heterocycles. The molecule has 16 heavy (non-hydrogen) atoms. The van der Waals surface area contributed by atoms with Gasteiger partial charge in [0.05, 0.1) is 25.2 Å². The summed E-state index contributed by atoms with van der Waals surface area (Å²) in [6, 6.07) is 0. The van der Waals surface area contributed by atoms with Crippen LogP contribution in [-0.4, -0.2) is 41.7 Å². The Kier molecular flexibility index (Phi) is 5.75. The summed E-state index contributed by atoms with van der Waals surface area (Å²) in [7, 11) is 1.04. The molecule has 0 aromatic carbocycles. The average molecular weight is 233 g/mol. The Hall–Kier alpha value is -1.93. The summed E-state index contributed by atoms with van der Waals surface area (Å²) in [6.45, 7) is 0. The van der Waals surface area contributed by atoms with Gasteiger partial charge < -0.3 is 15.9 Å². The van der Waals surface area contributed by atoms with Gasteiger partial charge in [-0.15, -0.1) is 0 Å². The van der Waals surface area contributed by atoms with E-state index in [-0.39, 0.29) is 6.29 Å². The molecule has 1 atom stereocenters. The maximum Gasteiger partial charge on any atom is 0.389 e. The van der Waals surface area contributed by atoms with Gasteiger partial charge >= 0.3 is 11.9 Å². The average Bonchev–Trinajstić information content (AvgIpc) is 2.17. The molecule has 0 aromatic heterocycles. The monoisotopic (exact) mass is 233 g/mol. The molecule has 0 aliphatic carbocycles. The third-order valence-electron chi connectivity index (χ3n) is 1.54. The number of carbonyl (C=O) groups is 3. The molecule has 0 rings (SSSR count). The molecule has 0 fully saturated rings. The van der Waals surface area contributed by atoms with Gasteiger partial charge in [-0.25, -0.2) is 4.79 Å². The highest BCUT2D eigenvalue weighted by Gasteiger charge is 2.22. The van der Waals surface area contributed by atoms with Crippen LogP contribution in [0.4, 0.5) is 0 Å². The molecule has 0 spiro atoms. The normalized spacial score (nSPS) is 13.6. The third-order valence-corrected chi connectivity index (χ3v) is 1.54. The Bertz CT molecular complexity index is 322. The molecule has 0 bridgehead atoms. The van der Waals surface area contributed by atoms with E-state index < -0.39 is 35.7 Å². The molecule has 0 saturated carbocycles. The second-order valence-electron chi connectivity index (χ2n) is 2.64. The van der Waals surface area contributed by atoms with Crippen LogP contribution in [0.3, 0.4) is 0 Å². The molecule has 1 unspecified atom stereocenters. The van der Waals surface area contributed by atoms with Crippen LogP contribution in [0.1, 0.15) is 6.42 Å². The van der Waals surface area contributed by atoms with Crippen molar-refractivity contribution in [2.75, 3.05) is 7.11 Å². The van der Waals surface area contributed by atoms with Crippen LogP contribution in [0.5, 0.6) is 0 Å². The summed E-state index contributed by atoms with van der Waals surface area (Å²) < 4.78 is 0. The zero-order valence-electron chi connectivity index (χ0n) is 8.37. The zero-order chi connectivity index (χ0) is 12.7. The van der Waals surface area contributed by atoms with Gasteiger partial charge in [-0.1, -0.05) is 0 Å². The Morgan fingerprint density at radius 2 is 2.06 bits per heavy atom. The second-order valence-corrected chi connectivity index (χ2v) is 2.64. The van der Waals surface area contributed by atoms with Crippen molar-refractivity contribution < 1.29 is 34.4 Å². The summed E-state index contributed by atoms with van der Waals surface area (Å²) in [4.78, 5) is 39.8. The van der Waals surface area contributed by atoms with Crippen molar-refractivity contribution in [3.05, 3.63) is 11.3 Å². The van der Waals surface area contributed by atoms with Crippen molar-refractivity contribution >= 4 is 18.2 Å².